The summed E-state index contributed by atoms with van der Waals surface area (Å²) in [7, 11) is 0. The zero-order chi connectivity index (χ0) is 22.6. The van der Waals surface area contributed by atoms with Crippen molar-refractivity contribution < 1.29 is 14.3 Å². The van der Waals surface area contributed by atoms with Crippen molar-refractivity contribution in [3.8, 4) is 28.3 Å². The van der Waals surface area contributed by atoms with E-state index < -0.39 is 11.6 Å². The number of anilines is 1. The minimum absolute atomic E-state index is 0.212. The molecule has 0 aliphatic carbocycles. The summed E-state index contributed by atoms with van der Waals surface area (Å²) in [5, 5.41) is 18.4. The Balaban J connectivity index is 1.36. The molecule has 0 atom stereocenters. The molecule has 0 bridgehead atoms. The predicted molar refractivity (Wildman–Crippen MR) is 127 cm³/mol. The number of hydrogen-bond acceptors (Lipinski definition) is 5. The lowest BCUT2D eigenvalue weighted by Gasteiger charge is -2.17. The van der Waals surface area contributed by atoms with Crippen LogP contribution in [0.4, 0.5) is 10.1 Å². The van der Waals surface area contributed by atoms with Crippen molar-refractivity contribution in [2.75, 3.05) is 18.0 Å². The first-order valence-electron chi connectivity index (χ1n) is 10.9. The van der Waals surface area contributed by atoms with Crippen LogP contribution in [-0.4, -0.2) is 34.2 Å². The first kappa shape index (κ1) is 20.8. The summed E-state index contributed by atoms with van der Waals surface area (Å²) in [5.41, 5.74) is 3.64. The third-order valence-electron chi connectivity index (χ3n) is 5.69. The molecule has 7 heteroatoms. The van der Waals surface area contributed by atoms with Gasteiger partial charge in [-0.2, -0.15) is 5.10 Å². The maximum absolute atomic E-state index is 14.4. The molecule has 6 nitrogen and oxygen atoms in total. The molecule has 0 amide bonds. The fraction of sp³-hybridized carbons (Fsp3) is 0.154. The topological polar surface area (TPSA) is 62.9 Å². The number of halogens is 1. The number of aromatic nitrogens is 2. The Morgan fingerprint density at radius 1 is 0.939 bits per heavy atom. The summed E-state index contributed by atoms with van der Waals surface area (Å²) in [6, 6.07) is 20.2. The number of hydrogen-bond donors (Lipinski definition) is 1. The maximum Gasteiger partial charge on any atom is 0.166 e. The van der Waals surface area contributed by atoms with Crippen LogP contribution >= 0.6 is 0 Å². The lowest BCUT2D eigenvalue weighted by atomic mass is 10.1. The molecule has 5 rings (SSSR count). The minimum atomic E-state index is -0.739. The van der Waals surface area contributed by atoms with Crippen molar-refractivity contribution in [2.45, 2.75) is 12.8 Å². The van der Waals surface area contributed by atoms with Crippen LogP contribution in [0.25, 0.3) is 16.8 Å². The minimum Gasteiger partial charge on any atom is -0.504 e. The number of aromatic hydroxyl groups is 1. The van der Waals surface area contributed by atoms with E-state index in [2.05, 4.69) is 27.3 Å². The number of phenols is 1. The van der Waals surface area contributed by atoms with E-state index in [1.807, 2.05) is 36.5 Å². The molecule has 1 fully saturated rings. The quantitative estimate of drug-likeness (QED) is 0.321. The Morgan fingerprint density at radius 2 is 1.67 bits per heavy atom. The van der Waals surface area contributed by atoms with Crippen LogP contribution in [0.3, 0.4) is 0 Å². The van der Waals surface area contributed by atoms with E-state index in [0.29, 0.717) is 11.3 Å². The molecule has 3 aromatic carbocycles. The van der Waals surface area contributed by atoms with Gasteiger partial charge in [0.15, 0.2) is 17.3 Å². The van der Waals surface area contributed by atoms with Gasteiger partial charge in [0.05, 0.1) is 18.1 Å². The largest absolute Gasteiger partial charge is 0.504 e. The molecule has 1 saturated heterocycles. The molecule has 1 aliphatic rings. The van der Waals surface area contributed by atoms with E-state index in [1.54, 1.807) is 29.1 Å². The number of para-hydroxylation sites is 1. The highest BCUT2D eigenvalue weighted by Crippen LogP contribution is 2.29. The summed E-state index contributed by atoms with van der Waals surface area (Å²) in [4.78, 5) is 7.65. The van der Waals surface area contributed by atoms with Crippen molar-refractivity contribution in [1.82, 2.24) is 9.78 Å². The first-order chi connectivity index (χ1) is 16.2. The molecule has 0 spiro atoms. The highest BCUT2D eigenvalue weighted by atomic mass is 19.1. The molecule has 0 radical (unpaired) electrons. The van der Waals surface area contributed by atoms with Crippen LogP contribution in [0.5, 0.6) is 11.5 Å². The standard InChI is InChI=1S/C26H23FN4O2/c27-25-15-19(14-20(26(25)32)17-29-33-24-6-2-1-3-7-24)21-16-28-31(18-21)23-10-8-22(9-11-23)30-12-4-5-13-30/h1-3,6-11,14-18,32H,4-5,12-13H2/b29-17+. The number of rotatable bonds is 6. The number of oxime groups is 1. The van der Waals surface area contributed by atoms with Gasteiger partial charge in [-0.3, -0.25) is 0 Å². The number of benzene rings is 3. The molecular weight excluding hydrogens is 419 g/mol. The monoisotopic (exact) mass is 442 g/mol. The Labute approximate surface area is 191 Å². The molecule has 2 heterocycles. The van der Waals surface area contributed by atoms with Crippen molar-refractivity contribution >= 4 is 11.9 Å². The van der Waals surface area contributed by atoms with E-state index in [1.165, 1.54) is 30.8 Å². The highest BCUT2D eigenvalue weighted by Gasteiger charge is 2.14. The van der Waals surface area contributed by atoms with Gasteiger partial charge >= 0.3 is 0 Å². The molecule has 0 saturated carbocycles. The second-order valence-corrected chi connectivity index (χ2v) is 7.92. The van der Waals surface area contributed by atoms with Crippen molar-refractivity contribution in [2.24, 2.45) is 5.16 Å². The van der Waals surface area contributed by atoms with Crippen LogP contribution < -0.4 is 9.74 Å². The van der Waals surface area contributed by atoms with Gasteiger partial charge in [-0.25, -0.2) is 9.07 Å². The third kappa shape index (κ3) is 4.57. The molecule has 0 unspecified atom stereocenters. The zero-order valence-corrected chi connectivity index (χ0v) is 17.9. The van der Waals surface area contributed by atoms with Crippen LogP contribution in [0.1, 0.15) is 18.4 Å². The molecule has 1 aromatic heterocycles. The van der Waals surface area contributed by atoms with Crippen LogP contribution in [0.15, 0.2) is 84.3 Å². The second kappa shape index (κ2) is 9.16. The summed E-state index contributed by atoms with van der Waals surface area (Å²) < 4.78 is 16.2. The summed E-state index contributed by atoms with van der Waals surface area (Å²) >= 11 is 0. The van der Waals surface area contributed by atoms with E-state index in [-0.39, 0.29) is 5.56 Å². The second-order valence-electron chi connectivity index (χ2n) is 7.92. The lowest BCUT2D eigenvalue weighted by Crippen LogP contribution is -2.17. The molecule has 1 aliphatic heterocycles. The Hall–Kier alpha value is -4.13. The lowest BCUT2D eigenvalue weighted by molar-refractivity contribution is 0.343. The smallest absolute Gasteiger partial charge is 0.166 e. The van der Waals surface area contributed by atoms with E-state index in [0.717, 1.165) is 24.3 Å². The summed E-state index contributed by atoms with van der Waals surface area (Å²) in [6.07, 6.45) is 7.26. The fourth-order valence-corrected chi connectivity index (χ4v) is 3.92. The Bertz CT molecular complexity index is 1260. The number of nitrogens with zero attached hydrogens (tertiary/aromatic N) is 4. The zero-order valence-electron chi connectivity index (χ0n) is 17.9. The highest BCUT2D eigenvalue weighted by molar-refractivity contribution is 5.86. The van der Waals surface area contributed by atoms with E-state index in [4.69, 9.17) is 4.84 Å². The van der Waals surface area contributed by atoms with Gasteiger partial charge in [0.25, 0.3) is 0 Å². The van der Waals surface area contributed by atoms with Gasteiger partial charge in [-0.15, -0.1) is 0 Å². The fourth-order valence-electron chi connectivity index (χ4n) is 3.92. The maximum atomic E-state index is 14.4. The molecular formula is C26H23FN4O2. The Morgan fingerprint density at radius 3 is 2.42 bits per heavy atom. The van der Waals surface area contributed by atoms with Gasteiger partial charge < -0.3 is 14.8 Å². The van der Waals surface area contributed by atoms with Crippen molar-refractivity contribution in [1.29, 1.82) is 0 Å². The average molecular weight is 442 g/mol. The normalized spacial score (nSPS) is 13.7. The summed E-state index contributed by atoms with van der Waals surface area (Å²) in [6.45, 7) is 2.19. The van der Waals surface area contributed by atoms with Gasteiger partial charge in [0.2, 0.25) is 0 Å². The Kier molecular flexibility index (Phi) is 5.76. The molecule has 166 valence electrons. The molecule has 33 heavy (non-hydrogen) atoms. The van der Waals surface area contributed by atoms with Crippen LogP contribution in [0, 0.1) is 5.82 Å². The van der Waals surface area contributed by atoms with Crippen molar-refractivity contribution in [3.63, 3.8) is 0 Å². The van der Waals surface area contributed by atoms with E-state index >= 15 is 0 Å². The SMILES string of the molecule is Oc1c(F)cc(-c2cnn(-c3ccc(N4CCCC4)cc3)c2)cc1/C=N/Oc1ccccc1. The van der Waals surface area contributed by atoms with Gasteiger partial charge in [-0.05, 0) is 66.9 Å². The first-order valence-corrected chi connectivity index (χ1v) is 10.9. The number of phenolic OH excluding ortho intramolecular Hbond substituents is 1. The summed E-state index contributed by atoms with van der Waals surface area (Å²) in [5.74, 6) is -0.678. The predicted octanol–water partition coefficient (Wildman–Crippen LogP) is 5.40. The van der Waals surface area contributed by atoms with Crippen molar-refractivity contribution in [3.05, 3.63) is 90.5 Å². The molecule has 4 aromatic rings. The van der Waals surface area contributed by atoms with Gasteiger partial charge in [0, 0.05) is 36.1 Å². The van der Waals surface area contributed by atoms with Gasteiger partial charge in [-0.1, -0.05) is 23.4 Å². The van der Waals surface area contributed by atoms with Gasteiger partial charge in [0.1, 0.15) is 0 Å². The van der Waals surface area contributed by atoms with E-state index in [9.17, 15) is 9.50 Å². The third-order valence-corrected chi connectivity index (χ3v) is 5.69. The molecule has 1 N–H and O–H groups in total. The average Bonchev–Trinajstić information content (AvgIpc) is 3.55. The van der Waals surface area contributed by atoms with Crippen LogP contribution in [0.2, 0.25) is 0 Å². The van der Waals surface area contributed by atoms with Crippen LogP contribution in [-0.2, 0) is 0 Å².